The molecule has 0 aliphatic heterocycles. The van der Waals surface area contributed by atoms with Crippen molar-refractivity contribution in [2.45, 2.75) is 33.6 Å². The monoisotopic (exact) mass is 260 g/mol. The third-order valence-electron chi connectivity index (χ3n) is 3.18. The van der Waals surface area contributed by atoms with Gasteiger partial charge in [-0.25, -0.2) is 14.3 Å². The van der Waals surface area contributed by atoms with Gasteiger partial charge in [0.1, 0.15) is 5.82 Å². The number of aryl methyl sites for hydroxylation is 2. The minimum absolute atomic E-state index is 0.370. The van der Waals surface area contributed by atoms with E-state index in [0.29, 0.717) is 5.92 Å². The maximum atomic E-state index is 11.9. The summed E-state index contributed by atoms with van der Waals surface area (Å²) in [5, 5.41) is 0. The van der Waals surface area contributed by atoms with Gasteiger partial charge in [0.2, 0.25) is 0 Å². The van der Waals surface area contributed by atoms with Gasteiger partial charge in [-0.1, -0.05) is 19.9 Å². The molecule has 0 atom stereocenters. The summed E-state index contributed by atoms with van der Waals surface area (Å²) in [6.07, 6.45) is 1.41. The van der Waals surface area contributed by atoms with E-state index in [-0.39, 0.29) is 6.09 Å². The average molecular weight is 260 g/mol. The highest BCUT2D eigenvalue weighted by Crippen LogP contribution is 2.20. The summed E-state index contributed by atoms with van der Waals surface area (Å²) in [5.74, 6) is 1.36. The largest absolute Gasteiger partial charge is 0.452 e. The van der Waals surface area contributed by atoms with Crippen LogP contribution in [0.2, 0.25) is 0 Å². The molecule has 0 aliphatic carbocycles. The lowest BCUT2D eigenvalue weighted by molar-refractivity contribution is 0.173. The fourth-order valence-corrected chi connectivity index (χ4v) is 2.12. The number of carbonyl (C=O) groups excluding carboxylic acids is 1. The van der Waals surface area contributed by atoms with Gasteiger partial charge in [-0.15, -0.1) is 0 Å². The van der Waals surface area contributed by atoms with Crippen molar-refractivity contribution >= 4 is 17.1 Å². The second kappa shape index (κ2) is 5.43. The summed E-state index contributed by atoms with van der Waals surface area (Å²) in [4.78, 5) is 16.5. The number of benzene rings is 1. The first kappa shape index (κ1) is 13.6. The molecule has 19 heavy (non-hydrogen) atoms. The number of hydrogen-bond donors (Lipinski definition) is 0. The molecule has 1 heterocycles. The van der Waals surface area contributed by atoms with E-state index in [1.54, 1.807) is 4.57 Å². The first-order valence-corrected chi connectivity index (χ1v) is 6.59. The van der Waals surface area contributed by atoms with Crippen molar-refractivity contribution in [3.63, 3.8) is 0 Å². The van der Waals surface area contributed by atoms with Crippen LogP contribution in [0.3, 0.4) is 0 Å². The van der Waals surface area contributed by atoms with E-state index in [4.69, 9.17) is 4.74 Å². The molecule has 0 radical (unpaired) electrons. The molecule has 1 aromatic heterocycles. The number of rotatable bonds is 3. The number of imidazole rings is 1. The normalized spacial score (nSPS) is 11.2. The molecule has 102 valence electrons. The van der Waals surface area contributed by atoms with Gasteiger partial charge in [-0.05, 0) is 37.0 Å². The van der Waals surface area contributed by atoms with Crippen molar-refractivity contribution < 1.29 is 9.53 Å². The summed E-state index contributed by atoms with van der Waals surface area (Å²) in [5.41, 5.74) is 2.80. The van der Waals surface area contributed by atoms with Gasteiger partial charge in [-0.3, -0.25) is 0 Å². The number of methoxy groups -OCH3 is 1. The number of aromatic nitrogens is 2. The van der Waals surface area contributed by atoms with Crippen LogP contribution in [-0.2, 0) is 11.2 Å². The maximum absolute atomic E-state index is 11.9. The summed E-state index contributed by atoms with van der Waals surface area (Å²) in [6, 6.07) is 5.90. The second-order valence-corrected chi connectivity index (χ2v) is 5.26. The number of ether oxygens (including phenoxy) is 1. The molecule has 0 unspecified atom stereocenters. The predicted octanol–water partition coefficient (Wildman–Crippen LogP) is 3.55. The first-order chi connectivity index (χ1) is 9.02. The van der Waals surface area contributed by atoms with Crippen molar-refractivity contribution in [2.24, 2.45) is 5.92 Å². The zero-order chi connectivity index (χ0) is 14.0. The molecule has 0 amide bonds. The smallest absolute Gasteiger partial charge is 0.419 e. The lowest BCUT2D eigenvalue weighted by Gasteiger charge is -2.07. The predicted molar refractivity (Wildman–Crippen MR) is 75.4 cm³/mol. The summed E-state index contributed by atoms with van der Waals surface area (Å²) >= 11 is 0. The molecule has 0 saturated heterocycles. The standard InChI is InChI=1S/C15H20N2O2/c1-10(2)5-8-14-16-12-9-11(3)6-7-13(12)17(14)15(18)19-4/h6-7,9-10H,5,8H2,1-4H3. The van der Waals surface area contributed by atoms with Crippen molar-refractivity contribution in [3.8, 4) is 0 Å². The van der Waals surface area contributed by atoms with E-state index in [9.17, 15) is 4.79 Å². The molecule has 0 aliphatic rings. The topological polar surface area (TPSA) is 44.1 Å². The van der Waals surface area contributed by atoms with Crippen molar-refractivity contribution in [3.05, 3.63) is 29.6 Å². The van der Waals surface area contributed by atoms with Gasteiger partial charge >= 0.3 is 6.09 Å². The van der Waals surface area contributed by atoms with Crippen molar-refractivity contribution in [1.29, 1.82) is 0 Å². The van der Waals surface area contributed by atoms with Crippen LogP contribution < -0.4 is 0 Å². The number of hydrogen-bond acceptors (Lipinski definition) is 3. The first-order valence-electron chi connectivity index (χ1n) is 6.59. The maximum Gasteiger partial charge on any atom is 0.419 e. The van der Waals surface area contributed by atoms with Crippen molar-refractivity contribution in [1.82, 2.24) is 9.55 Å². The Balaban J connectivity index is 2.51. The Morgan fingerprint density at radius 2 is 2.16 bits per heavy atom. The van der Waals surface area contributed by atoms with E-state index >= 15 is 0 Å². The Bertz CT molecular complexity index is 599. The number of fused-ring (bicyclic) bond motifs is 1. The van der Waals surface area contributed by atoms with E-state index in [0.717, 1.165) is 35.3 Å². The minimum Gasteiger partial charge on any atom is -0.452 e. The van der Waals surface area contributed by atoms with Crippen LogP contribution in [0.5, 0.6) is 0 Å². The van der Waals surface area contributed by atoms with Gasteiger partial charge in [0.05, 0.1) is 18.1 Å². The average Bonchev–Trinajstić information content (AvgIpc) is 2.72. The second-order valence-electron chi connectivity index (χ2n) is 5.26. The van der Waals surface area contributed by atoms with Gasteiger partial charge in [0, 0.05) is 6.42 Å². The summed E-state index contributed by atoms with van der Waals surface area (Å²) in [6.45, 7) is 6.34. The van der Waals surface area contributed by atoms with Gasteiger partial charge < -0.3 is 4.74 Å². The molecule has 1 aromatic carbocycles. The highest BCUT2D eigenvalue weighted by molar-refractivity contribution is 5.87. The highest BCUT2D eigenvalue weighted by atomic mass is 16.5. The van der Waals surface area contributed by atoms with Crippen LogP contribution in [0, 0.1) is 12.8 Å². The molecule has 0 bridgehead atoms. The quantitative estimate of drug-likeness (QED) is 0.847. The number of carbonyl (C=O) groups is 1. The minimum atomic E-state index is -0.370. The SMILES string of the molecule is COC(=O)n1c(CCC(C)C)nc2cc(C)ccc21. The molecule has 4 heteroatoms. The molecule has 0 N–H and O–H groups in total. The zero-order valence-corrected chi connectivity index (χ0v) is 11.9. The van der Waals surface area contributed by atoms with E-state index < -0.39 is 0 Å². The zero-order valence-electron chi connectivity index (χ0n) is 11.9. The summed E-state index contributed by atoms with van der Waals surface area (Å²) in [7, 11) is 1.40. The highest BCUT2D eigenvalue weighted by Gasteiger charge is 2.17. The molecular formula is C15H20N2O2. The molecular weight excluding hydrogens is 240 g/mol. The van der Waals surface area contributed by atoms with Crippen LogP contribution in [-0.4, -0.2) is 22.8 Å². The third-order valence-corrected chi connectivity index (χ3v) is 3.18. The molecule has 0 saturated carbocycles. The molecule has 0 spiro atoms. The Hall–Kier alpha value is -1.84. The molecule has 0 fully saturated rings. The van der Waals surface area contributed by atoms with Crippen LogP contribution in [0.15, 0.2) is 18.2 Å². The van der Waals surface area contributed by atoms with Crippen LogP contribution in [0.25, 0.3) is 11.0 Å². The van der Waals surface area contributed by atoms with E-state index in [1.807, 2.05) is 25.1 Å². The molecule has 4 nitrogen and oxygen atoms in total. The fourth-order valence-electron chi connectivity index (χ4n) is 2.12. The Labute approximate surface area is 113 Å². The lowest BCUT2D eigenvalue weighted by Crippen LogP contribution is -2.15. The van der Waals surface area contributed by atoms with Gasteiger partial charge in [-0.2, -0.15) is 0 Å². The Morgan fingerprint density at radius 1 is 1.42 bits per heavy atom. The van der Waals surface area contributed by atoms with Crippen LogP contribution in [0.1, 0.15) is 31.7 Å². The van der Waals surface area contributed by atoms with Crippen LogP contribution in [0.4, 0.5) is 4.79 Å². The lowest BCUT2D eigenvalue weighted by atomic mass is 10.1. The Kier molecular flexibility index (Phi) is 3.88. The summed E-state index contributed by atoms with van der Waals surface area (Å²) < 4.78 is 6.44. The van der Waals surface area contributed by atoms with E-state index in [1.165, 1.54) is 7.11 Å². The molecule has 2 rings (SSSR count). The molecule has 2 aromatic rings. The fraction of sp³-hybridized carbons (Fsp3) is 0.467. The third kappa shape index (κ3) is 2.78. The van der Waals surface area contributed by atoms with Gasteiger partial charge in [0.15, 0.2) is 0 Å². The van der Waals surface area contributed by atoms with E-state index in [2.05, 4.69) is 18.8 Å². The van der Waals surface area contributed by atoms with Crippen LogP contribution >= 0.6 is 0 Å². The Morgan fingerprint density at radius 3 is 2.79 bits per heavy atom. The number of nitrogens with zero attached hydrogens (tertiary/aromatic N) is 2. The van der Waals surface area contributed by atoms with Crippen molar-refractivity contribution in [2.75, 3.05) is 7.11 Å². The van der Waals surface area contributed by atoms with Gasteiger partial charge in [0.25, 0.3) is 0 Å².